The minimum atomic E-state index is -0.699. The van der Waals surface area contributed by atoms with Crippen LogP contribution in [0.5, 0.6) is 0 Å². The SMILES string of the molecule is CC(=O)Nc1cccc(CNC(=O)C2(N)CCCC2)c1. The van der Waals surface area contributed by atoms with E-state index in [-0.39, 0.29) is 11.8 Å². The van der Waals surface area contributed by atoms with Gasteiger partial charge in [-0.15, -0.1) is 0 Å². The molecule has 1 aromatic rings. The highest BCUT2D eigenvalue weighted by atomic mass is 16.2. The number of amides is 2. The summed E-state index contributed by atoms with van der Waals surface area (Å²) >= 11 is 0. The van der Waals surface area contributed by atoms with Gasteiger partial charge >= 0.3 is 0 Å². The fourth-order valence-electron chi connectivity index (χ4n) is 2.55. The largest absolute Gasteiger partial charge is 0.350 e. The van der Waals surface area contributed by atoms with Crippen LogP contribution in [0, 0.1) is 0 Å². The fourth-order valence-corrected chi connectivity index (χ4v) is 2.55. The Morgan fingerprint density at radius 1 is 1.30 bits per heavy atom. The zero-order chi connectivity index (χ0) is 14.6. The van der Waals surface area contributed by atoms with E-state index in [4.69, 9.17) is 5.73 Å². The highest BCUT2D eigenvalue weighted by Crippen LogP contribution is 2.27. The van der Waals surface area contributed by atoms with Gasteiger partial charge in [-0.25, -0.2) is 0 Å². The van der Waals surface area contributed by atoms with Crippen molar-refractivity contribution in [2.24, 2.45) is 5.73 Å². The number of carbonyl (C=O) groups excluding carboxylic acids is 2. The average molecular weight is 275 g/mol. The molecule has 1 fully saturated rings. The topological polar surface area (TPSA) is 84.2 Å². The molecule has 1 aliphatic rings. The summed E-state index contributed by atoms with van der Waals surface area (Å²) in [5.41, 5.74) is 7.06. The number of hydrogen-bond acceptors (Lipinski definition) is 3. The lowest BCUT2D eigenvalue weighted by Gasteiger charge is -2.22. The molecule has 0 heterocycles. The smallest absolute Gasteiger partial charge is 0.240 e. The third kappa shape index (κ3) is 3.57. The number of benzene rings is 1. The van der Waals surface area contributed by atoms with Crippen LogP contribution in [0.4, 0.5) is 5.69 Å². The van der Waals surface area contributed by atoms with Gasteiger partial charge in [-0.05, 0) is 30.5 Å². The minimum absolute atomic E-state index is 0.0834. The highest BCUT2D eigenvalue weighted by molar-refractivity contribution is 5.89. The van der Waals surface area contributed by atoms with E-state index in [0.29, 0.717) is 6.54 Å². The van der Waals surface area contributed by atoms with Crippen molar-refractivity contribution in [3.63, 3.8) is 0 Å². The van der Waals surface area contributed by atoms with Gasteiger partial charge in [0.15, 0.2) is 0 Å². The van der Waals surface area contributed by atoms with Gasteiger partial charge in [0, 0.05) is 19.2 Å². The monoisotopic (exact) mass is 275 g/mol. The van der Waals surface area contributed by atoms with Gasteiger partial charge in [0.05, 0.1) is 5.54 Å². The van der Waals surface area contributed by atoms with Gasteiger partial charge in [-0.2, -0.15) is 0 Å². The molecule has 0 atom stereocenters. The number of hydrogen-bond donors (Lipinski definition) is 3. The Bertz CT molecular complexity index is 508. The molecular formula is C15H21N3O2. The van der Waals surface area contributed by atoms with E-state index in [2.05, 4.69) is 10.6 Å². The van der Waals surface area contributed by atoms with Crippen LogP contribution in [0.25, 0.3) is 0 Å². The average Bonchev–Trinajstić information content (AvgIpc) is 2.84. The fraction of sp³-hybridized carbons (Fsp3) is 0.467. The van der Waals surface area contributed by atoms with Crippen molar-refractivity contribution >= 4 is 17.5 Å². The minimum Gasteiger partial charge on any atom is -0.350 e. The Morgan fingerprint density at radius 3 is 2.65 bits per heavy atom. The van der Waals surface area contributed by atoms with Crippen LogP contribution in [0.3, 0.4) is 0 Å². The first kappa shape index (κ1) is 14.5. The molecule has 2 amide bonds. The summed E-state index contributed by atoms with van der Waals surface area (Å²) in [6.45, 7) is 1.89. The maximum atomic E-state index is 12.1. The second-order valence-electron chi connectivity index (χ2n) is 5.43. The third-order valence-corrected chi connectivity index (χ3v) is 3.65. The van der Waals surface area contributed by atoms with Crippen molar-refractivity contribution in [3.8, 4) is 0 Å². The maximum absolute atomic E-state index is 12.1. The van der Waals surface area contributed by atoms with E-state index < -0.39 is 5.54 Å². The summed E-state index contributed by atoms with van der Waals surface area (Å²) in [6.07, 6.45) is 3.54. The molecular weight excluding hydrogens is 254 g/mol. The van der Waals surface area contributed by atoms with Crippen LogP contribution in [-0.4, -0.2) is 17.4 Å². The molecule has 2 rings (SSSR count). The van der Waals surface area contributed by atoms with Gasteiger partial charge in [0.1, 0.15) is 0 Å². The van der Waals surface area contributed by atoms with Crippen LogP contribution in [0.1, 0.15) is 38.2 Å². The Balaban J connectivity index is 1.93. The molecule has 0 saturated heterocycles. The summed E-state index contributed by atoms with van der Waals surface area (Å²) in [7, 11) is 0. The van der Waals surface area contributed by atoms with Crippen LogP contribution in [0.2, 0.25) is 0 Å². The lowest BCUT2D eigenvalue weighted by molar-refractivity contribution is -0.126. The Morgan fingerprint density at radius 2 is 2.00 bits per heavy atom. The van der Waals surface area contributed by atoms with E-state index >= 15 is 0 Å². The molecule has 0 bridgehead atoms. The van der Waals surface area contributed by atoms with E-state index in [1.165, 1.54) is 6.92 Å². The highest BCUT2D eigenvalue weighted by Gasteiger charge is 2.36. The van der Waals surface area contributed by atoms with E-state index in [1.54, 1.807) is 0 Å². The zero-order valence-corrected chi connectivity index (χ0v) is 11.7. The number of nitrogens with two attached hydrogens (primary N) is 1. The molecule has 4 N–H and O–H groups in total. The van der Waals surface area contributed by atoms with Gasteiger partial charge in [0.2, 0.25) is 11.8 Å². The van der Waals surface area contributed by atoms with Crippen molar-refractivity contribution in [2.75, 3.05) is 5.32 Å². The van der Waals surface area contributed by atoms with Crippen molar-refractivity contribution in [1.29, 1.82) is 0 Å². The molecule has 0 spiro atoms. The quantitative estimate of drug-likeness (QED) is 0.779. The van der Waals surface area contributed by atoms with E-state index in [1.807, 2.05) is 24.3 Å². The molecule has 5 heteroatoms. The first-order valence-electron chi connectivity index (χ1n) is 6.93. The summed E-state index contributed by atoms with van der Waals surface area (Å²) < 4.78 is 0. The van der Waals surface area contributed by atoms with Crippen molar-refractivity contribution in [1.82, 2.24) is 5.32 Å². The summed E-state index contributed by atoms with van der Waals surface area (Å²) in [6, 6.07) is 7.41. The van der Waals surface area contributed by atoms with Crippen molar-refractivity contribution in [3.05, 3.63) is 29.8 Å². The molecule has 0 aliphatic heterocycles. The lowest BCUT2D eigenvalue weighted by Crippen LogP contribution is -2.51. The standard InChI is InChI=1S/C15H21N3O2/c1-11(19)18-13-6-4-5-12(9-13)10-17-14(20)15(16)7-2-3-8-15/h4-6,9H,2-3,7-8,10,16H2,1H3,(H,17,20)(H,18,19). The van der Waals surface area contributed by atoms with Gasteiger partial charge in [-0.1, -0.05) is 25.0 Å². The van der Waals surface area contributed by atoms with Gasteiger partial charge in [0.25, 0.3) is 0 Å². The normalized spacial score (nSPS) is 16.7. The Labute approximate surface area is 118 Å². The molecule has 1 saturated carbocycles. The van der Waals surface area contributed by atoms with Crippen LogP contribution in [-0.2, 0) is 16.1 Å². The van der Waals surface area contributed by atoms with E-state index in [9.17, 15) is 9.59 Å². The van der Waals surface area contributed by atoms with E-state index in [0.717, 1.165) is 36.9 Å². The first-order valence-corrected chi connectivity index (χ1v) is 6.93. The third-order valence-electron chi connectivity index (χ3n) is 3.65. The second kappa shape index (κ2) is 6.05. The van der Waals surface area contributed by atoms with Crippen molar-refractivity contribution < 1.29 is 9.59 Å². The zero-order valence-electron chi connectivity index (χ0n) is 11.7. The van der Waals surface area contributed by atoms with Gasteiger partial charge in [-0.3, -0.25) is 9.59 Å². The Hall–Kier alpha value is -1.88. The molecule has 5 nitrogen and oxygen atoms in total. The van der Waals surface area contributed by atoms with Crippen LogP contribution in [0.15, 0.2) is 24.3 Å². The number of carbonyl (C=O) groups is 2. The second-order valence-corrected chi connectivity index (χ2v) is 5.43. The van der Waals surface area contributed by atoms with Crippen molar-refractivity contribution in [2.45, 2.75) is 44.7 Å². The molecule has 0 unspecified atom stereocenters. The number of nitrogens with one attached hydrogen (secondary N) is 2. The first-order chi connectivity index (χ1) is 9.49. The predicted octanol–water partition coefficient (Wildman–Crippen LogP) is 1.53. The molecule has 1 aliphatic carbocycles. The molecule has 20 heavy (non-hydrogen) atoms. The molecule has 0 aromatic heterocycles. The Kier molecular flexibility index (Phi) is 4.39. The van der Waals surface area contributed by atoms with Gasteiger partial charge < -0.3 is 16.4 Å². The molecule has 1 aromatic carbocycles. The van der Waals surface area contributed by atoms with Crippen LogP contribution >= 0.6 is 0 Å². The molecule has 108 valence electrons. The number of rotatable bonds is 4. The number of anilines is 1. The maximum Gasteiger partial charge on any atom is 0.240 e. The summed E-state index contributed by atoms with van der Waals surface area (Å²) in [5.74, 6) is -0.196. The lowest BCUT2D eigenvalue weighted by atomic mass is 9.98. The van der Waals surface area contributed by atoms with Crippen LogP contribution < -0.4 is 16.4 Å². The predicted molar refractivity (Wildman–Crippen MR) is 78.0 cm³/mol. The molecule has 0 radical (unpaired) electrons. The summed E-state index contributed by atoms with van der Waals surface area (Å²) in [4.78, 5) is 23.1. The summed E-state index contributed by atoms with van der Waals surface area (Å²) in [5, 5.41) is 5.60.